The van der Waals surface area contributed by atoms with Gasteiger partial charge in [0.2, 0.25) is 0 Å². The first-order valence-corrected chi connectivity index (χ1v) is 9.06. The van der Waals surface area contributed by atoms with E-state index in [0.29, 0.717) is 21.8 Å². The van der Waals surface area contributed by atoms with Crippen LogP contribution < -0.4 is 5.32 Å². The fraction of sp³-hybridized carbons (Fsp3) is 0.316. The molecule has 0 spiro atoms. The van der Waals surface area contributed by atoms with E-state index in [-0.39, 0.29) is 17.3 Å². The van der Waals surface area contributed by atoms with Gasteiger partial charge in [-0.05, 0) is 56.2 Å². The molecule has 2 heterocycles. The number of aryl methyl sites for hydroxylation is 1. The average molecular weight is 425 g/mol. The van der Waals surface area contributed by atoms with Crippen LogP contribution in [0.5, 0.6) is 0 Å². The summed E-state index contributed by atoms with van der Waals surface area (Å²) in [6, 6.07) is 8.34. The average Bonchev–Trinajstić information content (AvgIpc) is 3.28. The van der Waals surface area contributed by atoms with Gasteiger partial charge in [-0.25, -0.2) is 9.36 Å². The Kier molecular flexibility index (Phi) is 4.83. The molecule has 158 valence electrons. The Bertz CT molecular complexity index is 1080. The van der Waals surface area contributed by atoms with Gasteiger partial charge in [0.1, 0.15) is 0 Å². The van der Waals surface area contributed by atoms with Gasteiger partial charge < -0.3 is 5.32 Å². The summed E-state index contributed by atoms with van der Waals surface area (Å²) in [5.74, 6) is -0.636. The summed E-state index contributed by atoms with van der Waals surface area (Å²) in [5.41, 5.74) is 0.262. The number of carbonyl (C=O) groups is 1. The van der Waals surface area contributed by atoms with Crippen molar-refractivity contribution in [2.75, 3.05) is 5.32 Å². The predicted octanol–water partition coefficient (Wildman–Crippen LogP) is 4.92. The van der Waals surface area contributed by atoms with E-state index in [0.717, 1.165) is 18.9 Å². The minimum Gasteiger partial charge on any atom is -0.321 e. The van der Waals surface area contributed by atoms with Crippen LogP contribution in [0.4, 0.5) is 27.6 Å². The van der Waals surface area contributed by atoms with Gasteiger partial charge in [0.25, 0.3) is 5.91 Å². The van der Waals surface area contributed by atoms with Crippen LogP contribution >= 0.6 is 0 Å². The Morgan fingerprint density at radius 1 is 1.13 bits per heavy atom. The van der Waals surface area contributed by atoms with Gasteiger partial charge in [0, 0.05) is 23.0 Å². The minimum atomic E-state index is -4.54. The standard InChI is InChI=1S/C19H16F5N5O/c1-10-8-14(26-28(10)18(20)21)17(30)25-12-4-6-13(7-5-12)29-15(11-2-3-11)9-16(27-29)19(22,23)24/h4-9,11,18H,2-3H2,1H3,(H,25,30). The lowest BCUT2D eigenvalue weighted by Gasteiger charge is -2.09. The Morgan fingerprint density at radius 2 is 1.80 bits per heavy atom. The molecule has 1 amide bonds. The maximum absolute atomic E-state index is 13.1. The van der Waals surface area contributed by atoms with Crippen LogP contribution in [0.25, 0.3) is 5.69 Å². The number of nitrogens with zero attached hydrogens (tertiary/aromatic N) is 4. The van der Waals surface area contributed by atoms with E-state index in [9.17, 15) is 26.7 Å². The van der Waals surface area contributed by atoms with Crippen molar-refractivity contribution in [1.82, 2.24) is 19.6 Å². The minimum absolute atomic E-state index is 0.0427. The Morgan fingerprint density at radius 3 is 2.33 bits per heavy atom. The van der Waals surface area contributed by atoms with E-state index in [1.807, 2.05) is 0 Å². The smallest absolute Gasteiger partial charge is 0.321 e. The number of hydrogen-bond acceptors (Lipinski definition) is 3. The topological polar surface area (TPSA) is 64.7 Å². The normalized spacial score (nSPS) is 14.4. The molecule has 4 rings (SSSR count). The SMILES string of the molecule is Cc1cc(C(=O)Nc2ccc(-n3nc(C(F)(F)F)cc3C3CC3)cc2)nn1C(F)F. The number of nitrogens with one attached hydrogen (secondary N) is 1. The van der Waals surface area contributed by atoms with Crippen LogP contribution in [0.15, 0.2) is 36.4 Å². The second-order valence-corrected chi connectivity index (χ2v) is 7.03. The molecule has 2 aromatic heterocycles. The van der Waals surface area contributed by atoms with Crippen molar-refractivity contribution in [1.29, 1.82) is 0 Å². The maximum Gasteiger partial charge on any atom is 0.435 e. The van der Waals surface area contributed by atoms with Crippen molar-refractivity contribution in [3.05, 3.63) is 59.2 Å². The molecule has 3 aromatic rings. The first-order valence-electron chi connectivity index (χ1n) is 9.06. The van der Waals surface area contributed by atoms with Gasteiger partial charge >= 0.3 is 12.7 Å². The highest BCUT2D eigenvalue weighted by Crippen LogP contribution is 2.43. The summed E-state index contributed by atoms with van der Waals surface area (Å²) in [6.07, 6.45) is -2.92. The second-order valence-electron chi connectivity index (χ2n) is 7.03. The Labute approximate surface area is 167 Å². The number of halogens is 5. The van der Waals surface area contributed by atoms with Crippen molar-refractivity contribution < 1.29 is 26.7 Å². The molecule has 6 nitrogen and oxygen atoms in total. The molecule has 1 fully saturated rings. The van der Waals surface area contributed by atoms with Crippen molar-refractivity contribution in [2.24, 2.45) is 0 Å². The lowest BCUT2D eigenvalue weighted by molar-refractivity contribution is -0.141. The van der Waals surface area contributed by atoms with Gasteiger partial charge in [-0.15, -0.1) is 0 Å². The summed E-state index contributed by atoms with van der Waals surface area (Å²) < 4.78 is 66.4. The van der Waals surface area contributed by atoms with Crippen LogP contribution in [0, 0.1) is 6.92 Å². The largest absolute Gasteiger partial charge is 0.435 e. The van der Waals surface area contributed by atoms with E-state index >= 15 is 0 Å². The highest BCUT2D eigenvalue weighted by molar-refractivity contribution is 6.02. The van der Waals surface area contributed by atoms with Crippen molar-refractivity contribution >= 4 is 11.6 Å². The summed E-state index contributed by atoms with van der Waals surface area (Å²) >= 11 is 0. The molecule has 1 aliphatic carbocycles. The van der Waals surface area contributed by atoms with Gasteiger partial charge in [-0.3, -0.25) is 4.79 Å². The number of hydrogen-bond donors (Lipinski definition) is 1. The monoisotopic (exact) mass is 425 g/mol. The number of benzene rings is 1. The molecule has 1 N–H and O–H groups in total. The molecule has 11 heteroatoms. The van der Waals surface area contributed by atoms with Crippen molar-refractivity contribution in [3.8, 4) is 5.69 Å². The van der Waals surface area contributed by atoms with E-state index in [1.165, 1.54) is 41.9 Å². The van der Waals surface area contributed by atoms with E-state index in [4.69, 9.17) is 0 Å². The van der Waals surface area contributed by atoms with E-state index < -0.39 is 24.3 Å². The van der Waals surface area contributed by atoms with Gasteiger partial charge in [0.15, 0.2) is 11.4 Å². The number of anilines is 1. The molecule has 1 saturated carbocycles. The van der Waals surface area contributed by atoms with Crippen molar-refractivity contribution in [2.45, 2.75) is 38.4 Å². The molecule has 0 aliphatic heterocycles. The van der Waals surface area contributed by atoms with Crippen LogP contribution in [0.2, 0.25) is 0 Å². The lowest BCUT2D eigenvalue weighted by Crippen LogP contribution is -2.14. The van der Waals surface area contributed by atoms with Crippen LogP contribution in [0.1, 0.15) is 52.9 Å². The van der Waals surface area contributed by atoms with E-state index in [2.05, 4.69) is 15.5 Å². The summed E-state index contributed by atoms with van der Waals surface area (Å²) in [5, 5.41) is 9.80. The van der Waals surface area contributed by atoms with Crippen molar-refractivity contribution in [3.63, 3.8) is 0 Å². The van der Waals surface area contributed by atoms with Gasteiger partial charge in [-0.2, -0.15) is 32.1 Å². The van der Waals surface area contributed by atoms with Gasteiger partial charge in [-0.1, -0.05) is 0 Å². The second kappa shape index (κ2) is 7.22. The Hall–Kier alpha value is -3.24. The quantitative estimate of drug-likeness (QED) is 0.590. The number of aromatic nitrogens is 4. The fourth-order valence-corrected chi connectivity index (χ4v) is 3.09. The highest BCUT2D eigenvalue weighted by atomic mass is 19.4. The van der Waals surface area contributed by atoms with Crippen LogP contribution in [-0.2, 0) is 6.18 Å². The summed E-state index contributed by atoms with van der Waals surface area (Å²) in [6.45, 7) is -1.45. The first kappa shape index (κ1) is 20.0. The number of alkyl halides is 5. The number of carbonyl (C=O) groups excluding carboxylic acids is 1. The fourth-order valence-electron chi connectivity index (χ4n) is 3.09. The molecule has 0 atom stereocenters. The zero-order valence-electron chi connectivity index (χ0n) is 15.6. The summed E-state index contributed by atoms with van der Waals surface area (Å²) in [7, 11) is 0. The third-order valence-corrected chi connectivity index (χ3v) is 4.73. The zero-order chi connectivity index (χ0) is 21.6. The predicted molar refractivity (Wildman–Crippen MR) is 96.7 cm³/mol. The van der Waals surface area contributed by atoms with Crippen LogP contribution in [0.3, 0.4) is 0 Å². The molecule has 0 unspecified atom stereocenters. The zero-order valence-corrected chi connectivity index (χ0v) is 15.6. The molecular weight excluding hydrogens is 409 g/mol. The lowest BCUT2D eigenvalue weighted by atomic mass is 10.2. The third-order valence-electron chi connectivity index (χ3n) is 4.73. The van der Waals surface area contributed by atoms with Crippen LogP contribution in [-0.4, -0.2) is 25.5 Å². The summed E-state index contributed by atoms with van der Waals surface area (Å²) in [4.78, 5) is 12.2. The molecule has 1 aliphatic rings. The highest BCUT2D eigenvalue weighted by Gasteiger charge is 2.38. The molecule has 1 aromatic carbocycles. The molecule has 0 saturated heterocycles. The molecule has 0 radical (unpaired) electrons. The number of amides is 1. The van der Waals surface area contributed by atoms with E-state index in [1.54, 1.807) is 0 Å². The third kappa shape index (κ3) is 3.91. The van der Waals surface area contributed by atoms with Gasteiger partial charge in [0.05, 0.1) is 5.69 Å². The molecule has 0 bridgehead atoms. The Balaban J connectivity index is 1.54. The molecular formula is C19H16F5N5O. The number of rotatable bonds is 5. The first-order chi connectivity index (χ1) is 14.1. The molecule has 30 heavy (non-hydrogen) atoms. The maximum atomic E-state index is 13.1.